The summed E-state index contributed by atoms with van der Waals surface area (Å²) in [4.78, 5) is 4.35. The fourth-order valence-electron chi connectivity index (χ4n) is 2.50. The van der Waals surface area contributed by atoms with Crippen molar-refractivity contribution in [2.45, 2.75) is 20.3 Å². The van der Waals surface area contributed by atoms with Crippen LogP contribution in [0.5, 0.6) is 0 Å². The molecule has 3 nitrogen and oxygen atoms in total. The fraction of sp³-hybridized carbons (Fsp3) is 0.167. The largest absolute Gasteiger partial charge is 0.253 e. The Kier molecular flexibility index (Phi) is 5.04. The van der Waals surface area contributed by atoms with Gasteiger partial charge in [0, 0.05) is 18.2 Å². The van der Waals surface area contributed by atoms with Crippen molar-refractivity contribution in [1.82, 2.24) is 15.2 Å². The number of pyridine rings is 1. The smallest absolute Gasteiger partial charge is 0.161 e. The van der Waals surface area contributed by atoms with Crippen LogP contribution in [0.4, 0.5) is 0 Å². The van der Waals surface area contributed by atoms with Gasteiger partial charge in [0.05, 0.1) is 21.4 Å². The lowest BCUT2D eigenvalue weighted by atomic mass is 9.97. The standard InChI is InChI=1S/C18H14Cl3N3/c1-10-3-5-12(6-4-10)7-14-11(2)23-24-18(21)16(14)17-15(20)8-13(19)9-22-17/h3-6,8-9H,7H2,1-2H3. The predicted octanol–water partition coefficient (Wildman–Crippen LogP) is 5.71. The molecule has 122 valence electrons. The van der Waals surface area contributed by atoms with E-state index in [1.807, 2.05) is 6.92 Å². The molecule has 0 fully saturated rings. The predicted molar refractivity (Wildman–Crippen MR) is 99.0 cm³/mol. The van der Waals surface area contributed by atoms with Crippen LogP contribution in [0.15, 0.2) is 36.5 Å². The molecule has 2 aromatic heterocycles. The first-order chi connectivity index (χ1) is 11.5. The van der Waals surface area contributed by atoms with Crippen molar-refractivity contribution < 1.29 is 0 Å². The van der Waals surface area contributed by atoms with Gasteiger partial charge in [-0.25, -0.2) is 0 Å². The molecule has 0 amide bonds. The van der Waals surface area contributed by atoms with Gasteiger partial charge in [-0.2, -0.15) is 5.10 Å². The summed E-state index contributed by atoms with van der Waals surface area (Å²) in [5.41, 5.74) is 5.37. The molecule has 24 heavy (non-hydrogen) atoms. The molecule has 6 heteroatoms. The van der Waals surface area contributed by atoms with Gasteiger partial charge in [-0.1, -0.05) is 64.6 Å². The lowest BCUT2D eigenvalue weighted by Crippen LogP contribution is -2.03. The van der Waals surface area contributed by atoms with Gasteiger partial charge in [0.2, 0.25) is 0 Å². The minimum atomic E-state index is 0.277. The summed E-state index contributed by atoms with van der Waals surface area (Å²) in [5, 5.41) is 9.35. The van der Waals surface area contributed by atoms with Gasteiger partial charge in [0.1, 0.15) is 0 Å². The summed E-state index contributed by atoms with van der Waals surface area (Å²) in [7, 11) is 0. The Hall–Kier alpha value is -1.68. The van der Waals surface area contributed by atoms with Gasteiger partial charge in [0.25, 0.3) is 0 Å². The summed E-state index contributed by atoms with van der Waals surface area (Å²) in [6, 6.07) is 9.98. The van der Waals surface area contributed by atoms with Crippen LogP contribution < -0.4 is 0 Å². The van der Waals surface area contributed by atoms with Gasteiger partial charge in [0.15, 0.2) is 5.15 Å². The molecular weight excluding hydrogens is 365 g/mol. The number of hydrogen-bond donors (Lipinski definition) is 0. The van der Waals surface area contributed by atoms with Gasteiger partial charge >= 0.3 is 0 Å². The Morgan fingerprint density at radius 3 is 2.33 bits per heavy atom. The quantitative estimate of drug-likeness (QED) is 0.586. The van der Waals surface area contributed by atoms with Crippen LogP contribution in [0.2, 0.25) is 15.2 Å². The maximum absolute atomic E-state index is 6.33. The van der Waals surface area contributed by atoms with E-state index in [-0.39, 0.29) is 5.15 Å². The Bertz CT molecular complexity index is 893. The highest BCUT2D eigenvalue weighted by Crippen LogP contribution is 2.36. The SMILES string of the molecule is Cc1ccc(Cc2c(C)nnc(Cl)c2-c2ncc(Cl)cc2Cl)cc1. The number of nitrogens with zero attached hydrogens (tertiary/aromatic N) is 3. The Balaban J connectivity index is 2.15. The summed E-state index contributed by atoms with van der Waals surface area (Å²) >= 11 is 18.6. The van der Waals surface area contributed by atoms with Crippen LogP contribution in [0.1, 0.15) is 22.4 Å². The van der Waals surface area contributed by atoms with E-state index < -0.39 is 0 Å². The maximum atomic E-state index is 6.33. The van der Waals surface area contributed by atoms with E-state index in [9.17, 15) is 0 Å². The molecule has 2 heterocycles. The van der Waals surface area contributed by atoms with Crippen LogP contribution in [-0.4, -0.2) is 15.2 Å². The third-order valence-electron chi connectivity index (χ3n) is 3.78. The molecule has 0 radical (unpaired) electrons. The van der Waals surface area contributed by atoms with E-state index in [4.69, 9.17) is 34.8 Å². The minimum Gasteiger partial charge on any atom is -0.253 e. The second kappa shape index (κ2) is 7.06. The molecule has 0 bridgehead atoms. The molecule has 3 rings (SSSR count). The lowest BCUT2D eigenvalue weighted by Gasteiger charge is -2.14. The zero-order valence-electron chi connectivity index (χ0n) is 13.1. The topological polar surface area (TPSA) is 38.7 Å². The number of halogens is 3. The zero-order chi connectivity index (χ0) is 17.3. The van der Waals surface area contributed by atoms with Crippen LogP contribution in [0.3, 0.4) is 0 Å². The molecule has 0 spiro atoms. The third kappa shape index (κ3) is 3.54. The molecule has 3 aromatic rings. The number of hydrogen-bond acceptors (Lipinski definition) is 3. The lowest BCUT2D eigenvalue weighted by molar-refractivity contribution is 0.943. The summed E-state index contributed by atoms with van der Waals surface area (Å²) in [5.74, 6) is 0. The third-order valence-corrected chi connectivity index (χ3v) is 4.54. The first kappa shape index (κ1) is 17.2. The van der Waals surface area contributed by atoms with Crippen LogP contribution in [-0.2, 0) is 6.42 Å². The summed E-state index contributed by atoms with van der Waals surface area (Å²) in [6.07, 6.45) is 2.21. The van der Waals surface area contributed by atoms with Crippen LogP contribution in [0.25, 0.3) is 11.3 Å². The molecule has 0 atom stereocenters. The van der Waals surface area contributed by atoms with E-state index in [2.05, 4.69) is 46.4 Å². The van der Waals surface area contributed by atoms with Crippen molar-refractivity contribution in [1.29, 1.82) is 0 Å². The first-order valence-corrected chi connectivity index (χ1v) is 8.47. The molecule has 0 aliphatic carbocycles. The van der Waals surface area contributed by atoms with Crippen molar-refractivity contribution in [2.24, 2.45) is 0 Å². The molecule has 0 aliphatic rings. The Morgan fingerprint density at radius 1 is 0.958 bits per heavy atom. The van der Waals surface area contributed by atoms with Crippen molar-refractivity contribution >= 4 is 34.8 Å². The van der Waals surface area contributed by atoms with E-state index in [1.54, 1.807) is 12.3 Å². The fourth-order valence-corrected chi connectivity index (χ4v) is 3.22. The van der Waals surface area contributed by atoms with Crippen molar-refractivity contribution in [3.05, 3.63) is 74.1 Å². The maximum Gasteiger partial charge on any atom is 0.161 e. The zero-order valence-corrected chi connectivity index (χ0v) is 15.4. The molecule has 0 N–H and O–H groups in total. The van der Waals surface area contributed by atoms with E-state index in [0.29, 0.717) is 27.7 Å². The van der Waals surface area contributed by atoms with E-state index in [0.717, 1.165) is 16.8 Å². The monoisotopic (exact) mass is 377 g/mol. The van der Waals surface area contributed by atoms with Crippen molar-refractivity contribution in [2.75, 3.05) is 0 Å². The van der Waals surface area contributed by atoms with E-state index in [1.165, 1.54) is 5.56 Å². The van der Waals surface area contributed by atoms with Crippen molar-refractivity contribution in [3.8, 4) is 11.3 Å². The molecule has 0 unspecified atom stereocenters. The normalized spacial score (nSPS) is 10.9. The number of aryl methyl sites for hydroxylation is 2. The van der Waals surface area contributed by atoms with Gasteiger partial charge in [-0.05, 0) is 31.0 Å². The number of benzene rings is 1. The van der Waals surface area contributed by atoms with Gasteiger partial charge in [-0.15, -0.1) is 5.10 Å². The highest BCUT2D eigenvalue weighted by atomic mass is 35.5. The highest BCUT2D eigenvalue weighted by molar-refractivity contribution is 6.37. The average Bonchev–Trinajstić information content (AvgIpc) is 2.54. The molecular formula is C18H14Cl3N3. The first-order valence-electron chi connectivity index (χ1n) is 7.34. The number of aromatic nitrogens is 3. The Labute approximate surface area is 155 Å². The van der Waals surface area contributed by atoms with E-state index >= 15 is 0 Å². The summed E-state index contributed by atoms with van der Waals surface area (Å²) in [6.45, 7) is 3.96. The molecule has 0 saturated heterocycles. The average molecular weight is 379 g/mol. The number of rotatable bonds is 3. The molecule has 0 aliphatic heterocycles. The van der Waals surface area contributed by atoms with Gasteiger partial charge < -0.3 is 0 Å². The second-order valence-electron chi connectivity index (χ2n) is 5.58. The highest BCUT2D eigenvalue weighted by Gasteiger charge is 2.19. The van der Waals surface area contributed by atoms with Gasteiger partial charge in [-0.3, -0.25) is 4.98 Å². The van der Waals surface area contributed by atoms with Crippen molar-refractivity contribution in [3.63, 3.8) is 0 Å². The minimum absolute atomic E-state index is 0.277. The van der Waals surface area contributed by atoms with Crippen LogP contribution >= 0.6 is 34.8 Å². The summed E-state index contributed by atoms with van der Waals surface area (Å²) < 4.78 is 0. The van der Waals surface area contributed by atoms with Crippen LogP contribution in [0, 0.1) is 13.8 Å². The second-order valence-corrected chi connectivity index (χ2v) is 6.78. The Morgan fingerprint density at radius 2 is 1.67 bits per heavy atom. The molecule has 0 saturated carbocycles. The molecule has 1 aromatic carbocycles.